The third-order valence-electron chi connectivity index (χ3n) is 3.00. The first kappa shape index (κ1) is 14.6. The Bertz CT molecular complexity index is 380. The molecule has 4 heteroatoms. The lowest BCUT2D eigenvalue weighted by Gasteiger charge is -2.19. The molecule has 0 spiro atoms. The molecule has 18 heavy (non-hydrogen) atoms. The van der Waals surface area contributed by atoms with Crippen LogP contribution in [-0.2, 0) is 0 Å². The van der Waals surface area contributed by atoms with Crippen LogP contribution in [0.3, 0.4) is 0 Å². The maximum Gasteiger partial charge on any atom is 0.203 e. The van der Waals surface area contributed by atoms with Crippen molar-refractivity contribution >= 4 is 0 Å². The predicted octanol–water partition coefficient (Wildman–Crippen LogP) is 2.90. The van der Waals surface area contributed by atoms with Crippen LogP contribution in [0.5, 0.6) is 17.2 Å². The third kappa shape index (κ3) is 3.07. The van der Waals surface area contributed by atoms with Crippen molar-refractivity contribution in [3.8, 4) is 17.2 Å². The second-order valence-corrected chi connectivity index (χ2v) is 4.17. The zero-order valence-corrected chi connectivity index (χ0v) is 11.7. The fourth-order valence-corrected chi connectivity index (χ4v) is 2.00. The highest BCUT2D eigenvalue weighted by Gasteiger charge is 2.19. The van der Waals surface area contributed by atoms with E-state index in [9.17, 15) is 0 Å². The van der Waals surface area contributed by atoms with E-state index in [-0.39, 0.29) is 6.04 Å². The fraction of sp³-hybridized carbons (Fsp3) is 0.571. The Morgan fingerprint density at radius 3 is 2.22 bits per heavy atom. The van der Waals surface area contributed by atoms with Crippen LogP contribution in [0.25, 0.3) is 0 Å². The van der Waals surface area contributed by atoms with Crippen LogP contribution in [0, 0.1) is 0 Å². The van der Waals surface area contributed by atoms with Gasteiger partial charge in [0.15, 0.2) is 11.5 Å². The van der Waals surface area contributed by atoms with E-state index >= 15 is 0 Å². The van der Waals surface area contributed by atoms with E-state index in [1.54, 1.807) is 21.3 Å². The number of hydrogen-bond donors (Lipinski definition) is 1. The first-order valence-electron chi connectivity index (χ1n) is 6.24. The van der Waals surface area contributed by atoms with Crippen molar-refractivity contribution in [3.05, 3.63) is 17.7 Å². The number of benzene rings is 1. The van der Waals surface area contributed by atoms with Gasteiger partial charge in [0.05, 0.1) is 21.3 Å². The Hall–Kier alpha value is -1.42. The minimum atomic E-state index is -0.0419. The molecule has 1 aromatic carbocycles. The molecule has 0 saturated heterocycles. The molecule has 0 aliphatic rings. The largest absolute Gasteiger partial charge is 0.493 e. The molecule has 0 aromatic heterocycles. The number of rotatable bonds is 7. The summed E-state index contributed by atoms with van der Waals surface area (Å²) in [6.45, 7) is 2.15. The number of unbranched alkanes of at least 4 members (excludes halogenated alkanes) is 1. The Balaban J connectivity index is 3.11. The summed E-state index contributed by atoms with van der Waals surface area (Å²) in [4.78, 5) is 0. The molecule has 0 aliphatic heterocycles. The second kappa shape index (κ2) is 7.11. The average Bonchev–Trinajstić information content (AvgIpc) is 2.42. The van der Waals surface area contributed by atoms with E-state index in [1.165, 1.54) is 0 Å². The van der Waals surface area contributed by atoms with Crippen LogP contribution in [0.4, 0.5) is 0 Å². The van der Waals surface area contributed by atoms with Crippen LogP contribution < -0.4 is 19.9 Å². The predicted molar refractivity (Wildman–Crippen MR) is 72.6 cm³/mol. The van der Waals surface area contributed by atoms with Crippen molar-refractivity contribution in [2.75, 3.05) is 21.3 Å². The summed E-state index contributed by atoms with van der Waals surface area (Å²) in [5.74, 6) is 1.92. The molecule has 0 radical (unpaired) electrons. The van der Waals surface area contributed by atoms with Crippen molar-refractivity contribution in [2.24, 2.45) is 5.73 Å². The molecule has 0 aliphatic carbocycles. The molecule has 0 amide bonds. The summed E-state index contributed by atoms with van der Waals surface area (Å²) in [7, 11) is 4.82. The number of methoxy groups -OCH3 is 3. The number of ether oxygens (including phenoxy) is 3. The van der Waals surface area contributed by atoms with Crippen molar-refractivity contribution in [3.63, 3.8) is 0 Å². The molecular formula is C14H23NO3. The molecule has 102 valence electrons. The van der Waals surface area contributed by atoms with E-state index in [4.69, 9.17) is 19.9 Å². The summed E-state index contributed by atoms with van der Waals surface area (Å²) in [6, 6.07) is 3.77. The van der Waals surface area contributed by atoms with E-state index in [0.717, 1.165) is 24.8 Å². The molecule has 0 unspecified atom stereocenters. The van der Waals surface area contributed by atoms with Gasteiger partial charge in [-0.15, -0.1) is 0 Å². The van der Waals surface area contributed by atoms with Gasteiger partial charge in [0, 0.05) is 11.6 Å². The van der Waals surface area contributed by atoms with Crippen molar-refractivity contribution in [1.82, 2.24) is 0 Å². The molecule has 1 rings (SSSR count). The van der Waals surface area contributed by atoms with Crippen molar-refractivity contribution in [2.45, 2.75) is 32.2 Å². The fourth-order valence-electron chi connectivity index (χ4n) is 2.00. The first-order chi connectivity index (χ1) is 8.69. The molecule has 2 N–H and O–H groups in total. The topological polar surface area (TPSA) is 53.7 Å². The van der Waals surface area contributed by atoms with Gasteiger partial charge in [-0.3, -0.25) is 0 Å². The van der Waals surface area contributed by atoms with E-state index in [1.807, 2.05) is 12.1 Å². The molecule has 0 fully saturated rings. The first-order valence-corrected chi connectivity index (χ1v) is 6.24. The Kier molecular flexibility index (Phi) is 5.78. The van der Waals surface area contributed by atoms with Gasteiger partial charge in [-0.05, 0) is 18.6 Å². The lowest BCUT2D eigenvalue weighted by molar-refractivity contribution is 0.320. The van der Waals surface area contributed by atoms with Gasteiger partial charge >= 0.3 is 0 Å². The maximum absolute atomic E-state index is 6.20. The summed E-state index contributed by atoms with van der Waals surface area (Å²) in [5, 5.41) is 0. The molecule has 0 bridgehead atoms. The van der Waals surface area contributed by atoms with Gasteiger partial charge in [-0.1, -0.05) is 19.8 Å². The number of hydrogen-bond acceptors (Lipinski definition) is 4. The van der Waals surface area contributed by atoms with Gasteiger partial charge in [0.25, 0.3) is 0 Å². The van der Waals surface area contributed by atoms with Crippen LogP contribution in [0.1, 0.15) is 37.8 Å². The zero-order valence-electron chi connectivity index (χ0n) is 11.7. The molecule has 1 aromatic rings. The van der Waals surface area contributed by atoms with Crippen LogP contribution in [0.15, 0.2) is 12.1 Å². The standard InChI is InChI=1S/C14H23NO3/c1-5-6-7-11(15)10-8-9-12(16-2)14(18-4)13(10)17-3/h8-9,11H,5-7,15H2,1-4H3/t11-/m1/s1. The van der Waals surface area contributed by atoms with E-state index in [2.05, 4.69) is 6.92 Å². The Morgan fingerprint density at radius 2 is 1.72 bits per heavy atom. The average molecular weight is 253 g/mol. The summed E-state index contributed by atoms with van der Waals surface area (Å²) in [6.07, 6.45) is 3.16. The monoisotopic (exact) mass is 253 g/mol. The SMILES string of the molecule is CCCC[C@@H](N)c1ccc(OC)c(OC)c1OC. The van der Waals surface area contributed by atoms with Gasteiger partial charge < -0.3 is 19.9 Å². The normalized spacial score (nSPS) is 12.1. The van der Waals surface area contributed by atoms with Gasteiger partial charge in [-0.25, -0.2) is 0 Å². The molecule has 4 nitrogen and oxygen atoms in total. The third-order valence-corrected chi connectivity index (χ3v) is 3.00. The lowest BCUT2D eigenvalue weighted by atomic mass is 10.0. The second-order valence-electron chi connectivity index (χ2n) is 4.17. The summed E-state index contributed by atoms with van der Waals surface area (Å²) in [5.41, 5.74) is 7.16. The highest BCUT2D eigenvalue weighted by Crippen LogP contribution is 2.42. The van der Waals surface area contributed by atoms with Crippen LogP contribution >= 0.6 is 0 Å². The lowest BCUT2D eigenvalue weighted by Crippen LogP contribution is -2.12. The molecule has 0 saturated carbocycles. The van der Waals surface area contributed by atoms with Crippen molar-refractivity contribution in [1.29, 1.82) is 0 Å². The van der Waals surface area contributed by atoms with E-state index < -0.39 is 0 Å². The molecular weight excluding hydrogens is 230 g/mol. The Labute approximate surface area is 109 Å². The smallest absolute Gasteiger partial charge is 0.203 e. The highest BCUT2D eigenvalue weighted by molar-refractivity contribution is 5.56. The molecule has 0 heterocycles. The van der Waals surface area contributed by atoms with Gasteiger partial charge in [0.1, 0.15) is 0 Å². The quantitative estimate of drug-likeness (QED) is 0.811. The summed E-state index contributed by atoms with van der Waals surface area (Å²) >= 11 is 0. The van der Waals surface area contributed by atoms with E-state index in [0.29, 0.717) is 17.2 Å². The Morgan fingerprint density at radius 1 is 1.06 bits per heavy atom. The van der Waals surface area contributed by atoms with Crippen molar-refractivity contribution < 1.29 is 14.2 Å². The van der Waals surface area contributed by atoms with Crippen LogP contribution in [0.2, 0.25) is 0 Å². The maximum atomic E-state index is 6.20. The minimum Gasteiger partial charge on any atom is -0.493 e. The number of nitrogens with two attached hydrogens (primary N) is 1. The minimum absolute atomic E-state index is 0.0419. The zero-order chi connectivity index (χ0) is 13.5. The van der Waals surface area contributed by atoms with Gasteiger partial charge in [-0.2, -0.15) is 0 Å². The molecule has 1 atom stereocenters. The summed E-state index contributed by atoms with van der Waals surface area (Å²) < 4.78 is 16.0. The van der Waals surface area contributed by atoms with Gasteiger partial charge in [0.2, 0.25) is 5.75 Å². The van der Waals surface area contributed by atoms with Crippen LogP contribution in [-0.4, -0.2) is 21.3 Å². The highest BCUT2D eigenvalue weighted by atomic mass is 16.5.